The van der Waals surface area contributed by atoms with Crippen LogP contribution in [0.15, 0.2) is 12.1 Å². The summed E-state index contributed by atoms with van der Waals surface area (Å²) in [6, 6.07) is 3.15. The second-order valence-electron chi connectivity index (χ2n) is 4.53. The molecule has 1 aliphatic heterocycles. The highest BCUT2D eigenvalue weighted by molar-refractivity contribution is 5.55. The maximum Gasteiger partial charge on any atom is 0.278 e. The Bertz CT molecular complexity index is 470. The van der Waals surface area contributed by atoms with Crippen LogP contribution in [0.25, 0.3) is 0 Å². The van der Waals surface area contributed by atoms with Gasteiger partial charge in [-0.05, 0) is 25.5 Å². The van der Waals surface area contributed by atoms with E-state index >= 15 is 0 Å². The molecule has 6 nitrogen and oxygen atoms in total. The first-order valence-electron chi connectivity index (χ1n) is 6.31. The fraction of sp³-hybridized carbons (Fsp3) is 0.538. The van der Waals surface area contributed by atoms with E-state index < -0.39 is 0 Å². The van der Waals surface area contributed by atoms with Crippen LogP contribution in [-0.2, 0) is 0 Å². The second kappa shape index (κ2) is 5.88. The molecule has 0 saturated carbocycles. The predicted octanol–water partition coefficient (Wildman–Crippen LogP) is 2.43. The molecule has 1 aliphatic rings. The number of hydrogen-bond donors (Lipinski definition) is 1. The van der Waals surface area contributed by atoms with Crippen molar-refractivity contribution < 1.29 is 14.4 Å². The zero-order chi connectivity index (χ0) is 13.8. The summed E-state index contributed by atoms with van der Waals surface area (Å²) in [5.41, 5.74) is 0.749. The number of nitrogens with zero attached hydrogens (tertiary/aromatic N) is 1. The molecule has 1 heterocycles. The van der Waals surface area contributed by atoms with Crippen molar-refractivity contribution in [1.82, 2.24) is 5.32 Å². The summed E-state index contributed by atoms with van der Waals surface area (Å²) in [5, 5.41) is 14.5. The molecular weight excluding hydrogens is 248 g/mol. The summed E-state index contributed by atoms with van der Waals surface area (Å²) in [6.45, 7) is 0.885. The van der Waals surface area contributed by atoms with Crippen LogP contribution in [0.4, 0.5) is 5.69 Å². The van der Waals surface area contributed by atoms with Crippen LogP contribution in [0, 0.1) is 10.1 Å². The lowest BCUT2D eigenvalue weighted by Crippen LogP contribution is -2.27. The van der Waals surface area contributed by atoms with Gasteiger partial charge in [0.05, 0.1) is 30.8 Å². The van der Waals surface area contributed by atoms with Gasteiger partial charge in [-0.1, -0.05) is 6.42 Å². The summed E-state index contributed by atoms with van der Waals surface area (Å²) in [4.78, 5) is 10.8. The topological polar surface area (TPSA) is 73.6 Å². The van der Waals surface area contributed by atoms with Gasteiger partial charge >= 0.3 is 0 Å². The highest BCUT2D eigenvalue weighted by Crippen LogP contribution is 2.39. The van der Waals surface area contributed by atoms with E-state index in [1.807, 2.05) is 0 Å². The minimum atomic E-state index is -0.367. The Kier molecular flexibility index (Phi) is 4.21. The molecule has 104 valence electrons. The highest BCUT2D eigenvalue weighted by Gasteiger charge is 2.26. The molecule has 2 rings (SSSR count). The molecule has 6 heteroatoms. The third-order valence-corrected chi connectivity index (χ3v) is 3.42. The summed E-state index contributed by atoms with van der Waals surface area (Å²) < 4.78 is 10.3. The van der Waals surface area contributed by atoms with Crippen LogP contribution in [-0.4, -0.2) is 25.7 Å². The Morgan fingerprint density at radius 1 is 1.26 bits per heavy atom. The molecule has 1 aromatic rings. The molecule has 1 atom stereocenters. The monoisotopic (exact) mass is 266 g/mol. The lowest BCUT2D eigenvalue weighted by atomic mass is 9.95. The number of benzene rings is 1. The summed E-state index contributed by atoms with van der Waals surface area (Å²) >= 11 is 0. The lowest BCUT2D eigenvalue weighted by Gasteiger charge is -2.24. The zero-order valence-corrected chi connectivity index (χ0v) is 11.1. The SMILES string of the molecule is COc1cc([C@@H]2CCCCN2)c([N+](=O)[O-])cc1OC. The number of nitro groups is 1. The van der Waals surface area contributed by atoms with E-state index in [-0.39, 0.29) is 16.7 Å². The number of piperidine rings is 1. The fourth-order valence-electron chi connectivity index (χ4n) is 2.44. The van der Waals surface area contributed by atoms with Gasteiger partial charge in [0.15, 0.2) is 11.5 Å². The number of hydrogen-bond acceptors (Lipinski definition) is 5. The van der Waals surface area contributed by atoms with Crippen LogP contribution in [0.2, 0.25) is 0 Å². The van der Waals surface area contributed by atoms with Crippen molar-refractivity contribution in [3.05, 3.63) is 27.8 Å². The van der Waals surface area contributed by atoms with Crippen LogP contribution < -0.4 is 14.8 Å². The van der Waals surface area contributed by atoms with Crippen molar-refractivity contribution in [2.45, 2.75) is 25.3 Å². The Morgan fingerprint density at radius 2 is 1.95 bits per heavy atom. The average molecular weight is 266 g/mol. The molecule has 19 heavy (non-hydrogen) atoms. The van der Waals surface area contributed by atoms with Gasteiger partial charge in [0.25, 0.3) is 5.69 Å². The molecule has 0 spiro atoms. The Balaban J connectivity index is 2.46. The highest BCUT2D eigenvalue weighted by atomic mass is 16.6. The minimum Gasteiger partial charge on any atom is -0.493 e. The van der Waals surface area contributed by atoms with Gasteiger partial charge in [-0.25, -0.2) is 0 Å². The predicted molar refractivity (Wildman–Crippen MR) is 70.8 cm³/mol. The van der Waals surface area contributed by atoms with Gasteiger partial charge in [0, 0.05) is 6.04 Å². The zero-order valence-electron chi connectivity index (χ0n) is 11.1. The van der Waals surface area contributed by atoms with Crippen molar-refractivity contribution in [2.75, 3.05) is 20.8 Å². The molecule has 1 N–H and O–H groups in total. The van der Waals surface area contributed by atoms with Gasteiger partial charge in [0.1, 0.15) is 0 Å². The summed E-state index contributed by atoms with van der Waals surface area (Å²) in [7, 11) is 3.00. The Hall–Kier alpha value is -1.82. The quantitative estimate of drug-likeness (QED) is 0.669. The molecule has 0 aliphatic carbocycles. The van der Waals surface area contributed by atoms with Gasteiger partial charge in [-0.15, -0.1) is 0 Å². The molecular formula is C13H18N2O4. The number of methoxy groups -OCH3 is 2. The van der Waals surface area contributed by atoms with Crippen molar-refractivity contribution >= 4 is 5.69 Å². The van der Waals surface area contributed by atoms with Gasteiger partial charge in [-0.2, -0.15) is 0 Å². The third-order valence-electron chi connectivity index (χ3n) is 3.42. The van der Waals surface area contributed by atoms with E-state index in [9.17, 15) is 10.1 Å². The molecule has 0 aromatic heterocycles. The second-order valence-corrected chi connectivity index (χ2v) is 4.53. The van der Waals surface area contributed by atoms with Gasteiger partial charge < -0.3 is 14.8 Å². The van der Waals surface area contributed by atoms with E-state index in [2.05, 4.69) is 5.32 Å². The van der Waals surface area contributed by atoms with Crippen LogP contribution >= 0.6 is 0 Å². The van der Waals surface area contributed by atoms with E-state index in [4.69, 9.17) is 9.47 Å². The summed E-state index contributed by atoms with van der Waals surface area (Å²) in [6.07, 6.45) is 3.08. The average Bonchev–Trinajstić information content (AvgIpc) is 2.46. The van der Waals surface area contributed by atoms with E-state index in [0.717, 1.165) is 25.8 Å². The van der Waals surface area contributed by atoms with Crippen LogP contribution in [0.5, 0.6) is 11.5 Å². The Labute approximate surface area is 111 Å². The smallest absolute Gasteiger partial charge is 0.278 e. The number of ether oxygens (including phenoxy) is 2. The van der Waals surface area contributed by atoms with Crippen molar-refractivity contribution in [3.8, 4) is 11.5 Å². The van der Waals surface area contributed by atoms with Crippen LogP contribution in [0.3, 0.4) is 0 Å². The molecule has 0 unspecified atom stereocenters. The van der Waals surface area contributed by atoms with E-state index in [1.54, 1.807) is 6.07 Å². The van der Waals surface area contributed by atoms with Gasteiger partial charge in [0.2, 0.25) is 0 Å². The largest absolute Gasteiger partial charge is 0.493 e. The molecule has 1 saturated heterocycles. The maximum atomic E-state index is 11.2. The third kappa shape index (κ3) is 2.78. The standard InChI is InChI=1S/C13H18N2O4/c1-18-12-7-9(10-5-3-4-6-14-10)11(15(16)17)8-13(12)19-2/h7-8,10,14H,3-6H2,1-2H3/t10-/m0/s1. The van der Waals surface area contributed by atoms with E-state index in [1.165, 1.54) is 20.3 Å². The first kappa shape index (κ1) is 13.6. The van der Waals surface area contributed by atoms with Crippen molar-refractivity contribution in [2.24, 2.45) is 0 Å². The van der Waals surface area contributed by atoms with Crippen molar-refractivity contribution in [3.63, 3.8) is 0 Å². The normalized spacial score (nSPS) is 18.9. The minimum absolute atomic E-state index is 0.00829. The molecule has 1 fully saturated rings. The number of rotatable bonds is 4. The molecule has 0 amide bonds. The molecule has 1 aromatic carbocycles. The van der Waals surface area contributed by atoms with E-state index in [0.29, 0.717) is 17.1 Å². The maximum absolute atomic E-state index is 11.2. The first-order valence-corrected chi connectivity index (χ1v) is 6.31. The Morgan fingerprint density at radius 3 is 2.47 bits per heavy atom. The first-order chi connectivity index (χ1) is 9.17. The lowest BCUT2D eigenvalue weighted by molar-refractivity contribution is -0.385. The number of nitrogens with one attached hydrogen (secondary N) is 1. The number of nitro benzene ring substituents is 1. The summed E-state index contributed by atoms with van der Waals surface area (Å²) in [5.74, 6) is 0.907. The van der Waals surface area contributed by atoms with Crippen molar-refractivity contribution in [1.29, 1.82) is 0 Å². The molecule has 0 bridgehead atoms. The fourth-order valence-corrected chi connectivity index (χ4v) is 2.44. The van der Waals surface area contributed by atoms with Gasteiger partial charge in [-0.3, -0.25) is 10.1 Å². The van der Waals surface area contributed by atoms with Crippen LogP contribution in [0.1, 0.15) is 30.9 Å². The molecule has 0 radical (unpaired) electrons.